The van der Waals surface area contributed by atoms with Gasteiger partial charge in [-0.1, -0.05) is 11.6 Å². The van der Waals surface area contributed by atoms with Crippen LogP contribution in [0.1, 0.15) is 10.4 Å². The summed E-state index contributed by atoms with van der Waals surface area (Å²) in [7, 11) is -4.64. The van der Waals surface area contributed by atoms with Crippen LogP contribution >= 0.6 is 11.6 Å². The molecule has 1 aromatic carbocycles. The standard InChI is InChI=1S/C9H6ClF3O4S/c10-7-2-1-5(3-6(7)8(14)15)18(16,17)4-9(11,12)13/h1-3H,4H2,(H,14,15). The minimum Gasteiger partial charge on any atom is -0.478 e. The lowest BCUT2D eigenvalue weighted by Gasteiger charge is -2.08. The smallest absolute Gasteiger partial charge is 0.403 e. The van der Waals surface area contributed by atoms with E-state index >= 15 is 0 Å². The molecule has 0 radical (unpaired) electrons. The molecule has 9 heteroatoms. The summed E-state index contributed by atoms with van der Waals surface area (Å²) in [6, 6.07) is 2.36. The summed E-state index contributed by atoms with van der Waals surface area (Å²) >= 11 is 5.48. The van der Waals surface area contributed by atoms with Crippen LogP contribution in [0.25, 0.3) is 0 Å². The van der Waals surface area contributed by atoms with E-state index in [1.54, 1.807) is 0 Å². The number of alkyl halides is 3. The van der Waals surface area contributed by atoms with E-state index in [1.165, 1.54) is 0 Å². The summed E-state index contributed by atoms with van der Waals surface area (Å²) in [5.74, 6) is -3.58. The molecule has 0 saturated carbocycles. The maximum absolute atomic E-state index is 12.1. The molecule has 1 rings (SSSR count). The molecule has 0 aliphatic rings. The third kappa shape index (κ3) is 3.61. The Kier molecular flexibility index (Phi) is 3.92. The van der Waals surface area contributed by atoms with Crippen molar-refractivity contribution in [1.82, 2.24) is 0 Å². The first-order valence-corrected chi connectivity index (χ1v) is 6.38. The second-order valence-corrected chi connectivity index (χ2v) is 5.72. The van der Waals surface area contributed by atoms with Gasteiger partial charge in [0.15, 0.2) is 15.6 Å². The van der Waals surface area contributed by atoms with Gasteiger partial charge in [-0.05, 0) is 18.2 Å². The van der Waals surface area contributed by atoms with Gasteiger partial charge in [0.2, 0.25) is 0 Å². The van der Waals surface area contributed by atoms with E-state index in [4.69, 9.17) is 16.7 Å². The fourth-order valence-corrected chi connectivity index (χ4v) is 2.53. The topological polar surface area (TPSA) is 71.4 Å². The fourth-order valence-electron chi connectivity index (χ4n) is 1.16. The van der Waals surface area contributed by atoms with Gasteiger partial charge in [-0.25, -0.2) is 13.2 Å². The number of aromatic carboxylic acids is 1. The van der Waals surface area contributed by atoms with Gasteiger partial charge in [-0.2, -0.15) is 13.2 Å². The predicted molar refractivity (Wildman–Crippen MR) is 56.5 cm³/mol. The van der Waals surface area contributed by atoms with Crippen molar-refractivity contribution in [3.63, 3.8) is 0 Å². The van der Waals surface area contributed by atoms with Crippen molar-refractivity contribution in [2.24, 2.45) is 0 Å². The minimum atomic E-state index is -4.90. The van der Waals surface area contributed by atoms with Crippen molar-refractivity contribution in [1.29, 1.82) is 0 Å². The van der Waals surface area contributed by atoms with Gasteiger partial charge >= 0.3 is 12.1 Å². The second kappa shape index (κ2) is 4.77. The molecule has 18 heavy (non-hydrogen) atoms. The Bertz CT molecular complexity index is 580. The summed E-state index contributed by atoms with van der Waals surface area (Å²) < 4.78 is 58.9. The van der Waals surface area contributed by atoms with Crippen LogP contribution in [0.4, 0.5) is 13.2 Å². The molecular weight excluding hydrogens is 297 g/mol. The number of carbonyl (C=O) groups is 1. The van der Waals surface area contributed by atoms with E-state index in [9.17, 15) is 26.4 Å². The third-order valence-electron chi connectivity index (χ3n) is 1.88. The van der Waals surface area contributed by atoms with Crippen LogP contribution < -0.4 is 0 Å². The van der Waals surface area contributed by atoms with Gasteiger partial charge in [-0.15, -0.1) is 0 Å². The van der Waals surface area contributed by atoms with Gasteiger partial charge < -0.3 is 5.11 Å². The molecule has 0 aromatic heterocycles. The quantitative estimate of drug-likeness (QED) is 0.930. The Balaban J connectivity index is 3.27. The largest absolute Gasteiger partial charge is 0.478 e. The van der Waals surface area contributed by atoms with Crippen LogP contribution in [-0.2, 0) is 9.84 Å². The zero-order valence-electron chi connectivity index (χ0n) is 8.53. The number of sulfone groups is 1. The molecule has 1 N–H and O–H groups in total. The molecule has 0 unspecified atom stereocenters. The number of halogens is 4. The number of carboxylic acid groups (broad SMARTS) is 1. The fraction of sp³-hybridized carbons (Fsp3) is 0.222. The highest BCUT2D eigenvalue weighted by Gasteiger charge is 2.36. The highest BCUT2D eigenvalue weighted by atomic mass is 35.5. The van der Waals surface area contributed by atoms with Crippen molar-refractivity contribution in [3.05, 3.63) is 28.8 Å². The molecule has 0 spiro atoms. The summed E-state index contributed by atoms with van der Waals surface area (Å²) in [6.45, 7) is 0. The van der Waals surface area contributed by atoms with Crippen LogP contribution in [0, 0.1) is 0 Å². The molecular formula is C9H6ClF3O4S. The number of rotatable bonds is 3. The van der Waals surface area contributed by atoms with Crippen LogP contribution in [0.2, 0.25) is 5.02 Å². The predicted octanol–water partition coefficient (Wildman–Crippen LogP) is 2.37. The van der Waals surface area contributed by atoms with E-state index < -0.39 is 38.2 Å². The van der Waals surface area contributed by atoms with Crippen molar-refractivity contribution in [2.45, 2.75) is 11.1 Å². The maximum atomic E-state index is 12.1. The van der Waals surface area contributed by atoms with E-state index in [0.717, 1.165) is 12.1 Å². The van der Waals surface area contributed by atoms with Crippen LogP contribution in [-0.4, -0.2) is 31.4 Å². The highest BCUT2D eigenvalue weighted by Crippen LogP contribution is 2.25. The van der Waals surface area contributed by atoms with Gasteiger partial charge in [0.1, 0.15) is 0 Å². The van der Waals surface area contributed by atoms with Gasteiger partial charge in [0.05, 0.1) is 15.5 Å². The molecule has 0 aliphatic heterocycles. The van der Waals surface area contributed by atoms with Gasteiger partial charge in [0, 0.05) is 0 Å². The average molecular weight is 303 g/mol. The lowest BCUT2D eigenvalue weighted by Crippen LogP contribution is -2.23. The SMILES string of the molecule is O=C(O)c1cc(S(=O)(=O)CC(F)(F)F)ccc1Cl. The first-order valence-electron chi connectivity index (χ1n) is 4.35. The normalized spacial score (nSPS) is 12.4. The number of benzene rings is 1. The molecule has 1 aromatic rings. The van der Waals surface area contributed by atoms with Gasteiger partial charge in [-0.3, -0.25) is 0 Å². The van der Waals surface area contributed by atoms with Crippen molar-refractivity contribution in [2.75, 3.05) is 5.75 Å². The Labute approximate surface area is 105 Å². The third-order valence-corrected chi connectivity index (χ3v) is 3.89. The Morgan fingerprint density at radius 1 is 1.33 bits per heavy atom. The molecule has 0 bridgehead atoms. The second-order valence-electron chi connectivity index (χ2n) is 3.32. The monoisotopic (exact) mass is 302 g/mol. The van der Waals surface area contributed by atoms with E-state index in [1.807, 2.05) is 0 Å². The molecule has 4 nitrogen and oxygen atoms in total. The number of hydrogen-bond acceptors (Lipinski definition) is 3. The Hall–Kier alpha value is -1.28. The average Bonchev–Trinajstić information content (AvgIpc) is 2.13. The summed E-state index contributed by atoms with van der Waals surface area (Å²) in [4.78, 5) is 9.95. The number of carboxylic acids is 1. The van der Waals surface area contributed by atoms with Crippen molar-refractivity contribution >= 4 is 27.4 Å². The van der Waals surface area contributed by atoms with Crippen LogP contribution in [0.15, 0.2) is 23.1 Å². The lowest BCUT2D eigenvalue weighted by atomic mass is 10.2. The highest BCUT2D eigenvalue weighted by molar-refractivity contribution is 7.91. The van der Waals surface area contributed by atoms with Crippen molar-refractivity contribution in [3.8, 4) is 0 Å². The van der Waals surface area contributed by atoms with E-state index in [2.05, 4.69) is 0 Å². The van der Waals surface area contributed by atoms with Gasteiger partial charge in [0.25, 0.3) is 0 Å². The molecule has 0 fully saturated rings. The van der Waals surface area contributed by atoms with Crippen molar-refractivity contribution < 1.29 is 31.5 Å². The first kappa shape index (κ1) is 14.8. The molecule has 0 saturated heterocycles. The Morgan fingerprint density at radius 2 is 1.89 bits per heavy atom. The molecule has 100 valence electrons. The molecule has 0 atom stereocenters. The first-order chi connectivity index (χ1) is 8.03. The van der Waals surface area contributed by atoms with E-state index in [0.29, 0.717) is 6.07 Å². The minimum absolute atomic E-state index is 0.256. The zero-order chi connectivity index (χ0) is 14.1. The summed E-state index contributed by atoms with van der Waals surface area (Å²) in [5.41, 5.74) is -0.570. The van der Waals surface area contributed by atoms with Crippen LogP contribution in [0.5, 0.6) is 0 Å². The molecule has 0 heterocycles. The van der Waals surface area contributed by atoms with Crippen LogP contribution in [0.3, 0.4) is 0 Å². The maximum Gasteiger partial charge on any atom is 0.403 e. The Morgan fingerprint density at radius 3 is 2.33 bits per heavy atom. The van der Waals surface area contributed by atoms with E-state index in [-0.39, 0.29) is 5.02 Å². The lowest BCUT2D eigenvalue weighted by molar-refractivity contribution is -0.106. The summed E-state index contributed by atoms with van der Waals surface area (Å²) in [5, 5.41) is 8.43. The molecule has 0 amide bonds. The number of hydrogen-bond donors (Lipinski definition) is 1. The zero-order valence-corrected chi connectivity index (χ0v) is 10.1. The summed E-state index contributed by atoms with van der Waals surface area (Å²) in [6.07, 6.45) is -4.90. The molecule has 0 aliphatic carbocycles.